The molecule has 26 heavy (non-hydrogen) atoms. The molecular weight excluding hydrogens is 330 g/mol. The Morgan fingerprint density at radius 3 is 2.77 bits per heavy atom. The molecule has 0 bridgehead atoms. The zero-order chi connectivity index (χ0) is 17.9. The second kappa shape index (κ2) is 7.55. The van der Waals surface area contributed by atoms with Crippen molar-refractivity contribution in [3.05, 3.63) is 47.3 Å². The van der Waals surface area contributed by atoms with Crippen LogP contribution in [-0.4, -0.2) is 58.6 Å². The Morgan fingerprint density at radius 2 is 2.00 bits per heavy atom. The van der Waals surface area contributed by atoms with Crippen LogP contribution in [0, 0.1) is 6.92 Å². The summed E-state index contributed by atoms with van der Waals surface area (Å²) in [6, 6.07) is 10.4. The van der Waals surface area contributed by atoms with Crippen LogP contribution in [0.1, 0.15) is 46.7 Å². The van der Waals surface area contributed by atoms with E-state index in [4.69, 9.17) is 4.74 Å². The molecule has 1 aromatic heterocycles. The number of hydrogen-bond acceptors (Lipinski definition) is 5. The van der Waals surface area contributed by atoms with E-state index in [0.29, 0.717) is 31.4 Å². The summed E-state index contributed by atoms with van der Waals surface area (Å²) in [6.45, 7) is 5.58. The van der Waals surface area contributed by atoms with Crippen LogP contribution in [-0.2, 0) is 4.74 Å². The van der Waals surface area contributed by atoms with Crippen molar-refractivity contribution in [2.75, 3.05) is 32.8 Å². The van der Waals surface area contributed by atoms with E-state index in [-0.39, 0.29) is 12.0 Å². The maximum atomic E-state index is 13.0. The minimum absolute atomic E-state index is 0.0492. The Hall–Kier alpha value is -2.25. The van der Waals surface area contributed by atoms with Crippen molar-refractivity contribution in [3.8, 4) is 0 Å². The van der Waals surface area contributed by atoms with Crippen molar-refractivity contribution < 1.29 is 9.53 Å². The standard InChI is InChI=1S/C19H25N5O2/c1-14-18(21-22-24(14)16-7-9-20-10-8-16)19(25)23-11-12-26-17(13-23)15-5-3-2-4-6-15/h2-6,16-17,20H,7-13H2,1H3/t17-/m0/s1. The van der Waals surface area contributed by atoms with Crippen LogP contribution in [0.4, 0.5) is 0 Å². The summed E-state index contributed by atoms with van der Waals surface area (Å²) in [5, 5.41) is 11.9. The van der Waals surface area contributed by atoms with Gasteiger partial charge in [-0.15, -0.1) is 5.10 Å². The second-order valence-corrected chi connectivity index (χ2v) is 6.97. The summed E-state index contributed by atoms with van der Waals surface area (Å²) in [7, 11) is 0. The van der Waals surface area contributed by atoms with Gasteiger partial charge in [0.05, 0.1) is 24.9 Å². The molecule has 1 atom stereocenters. The van der Waals surface area contributed by atoms with Gasteiger partial charge in [0.25, 0.3) is 5.91 Å². The predicted octanol–water partition coefficient (Wildman–Crippen LogP) is 1.72. The molecule has 3 heterocycles. The summed E-state index contributed by atoms with van der Waals surface area (Å²) in [6.07, 6.45) is 1.95. The maximum Gasteiger partial charge on any atom is 0.276 e. The minimum Gasteiger partial charge on any atom is -0.370 e. The monoisotopic (exact) mass is 355 g/mol. The lowest BCUT2D eigenvalue weighted by Gasteiger charge is -2.33. The molecule has 2 aliphatic rings. The average molecular weight is 355 g/mol. The largest absolute Gasteiger partial charge is 0.370 e. The van der Waals surface area contributed by atoms with Gasteiger partial charge in [-0.05, 0) is 38.4 Å². The zero-order valence-electron chi connectivity index (χ0n) is 15.1. The van der Waals surface area contributed by atoms with E-state index in [1.807, 2.05) is 46.8 Å². The Kier molecular flexibility index (Phi) is 4.99. The number of carbonyl (C=O) groups is 1. The maximum absolute atomic E-state index is 13.0. The third-order valence-corrected chi connectivity index (χ3v) is 5.31. The highest BCUT2D eigenvalue weighted by atomic mass is 16.5. The van der Waals surface area contributed by atoms with Gasteiger partial charge < -0.3 is 15.0 Å². The number of morpholine rings is 1. The van der Waals surface area contributed by atoms with E-state index < -0.39 is 0 Å². The molecule has 4 rings (SSSR count). The van der Waals surface area contributed by atoms with Gasteiger partial charge in [0.15, 0.2) is 5.69 Å². The summed E-state index contributed by atoms with van der Waals surface area (Å²) in [5.74, 6) is -0.0492. The van der Waals surface area contributed by atoms with E-state index in [1.54, 1.807) is 0 Å². The quantitative estimate of drug-likeness (QED) is 0.908. The Morgan fingerprint density at radius 1 is 1.23 bits per heavy atom. The second-order valence-electron chi connectivity index (χ2n) is 6.97. The minimum atomic E-state index is -0.0892. The summed E-state index contributed by atoms with van der Waals surface area (Å²) < 4.78 is 7.80. The first-order chi connectivity index (χ1) is 12.7. The molecule has 0 unspecified atom stereocenters. The molecule has 1 aromatic carbocycles. The van der Waals surface area contributed by atoms with Gasteiger partial charge in [0.2, 0.25) is 0 Å². The lowest BCUT2D eigenvalue weighted by atomic mass is 10.1. The van der Waals surface area contributed by atoms with Gasteiger partial charge in [-0.25, -0.2) is 4.68 Å². The molecular formula is C19H25N5O2. The van der Waals surface area contributed by atoms with Crippen LogP contribution in [0.25, 0.3) is 0 Å². The molecule has 7 nitrogen and oxygen atoms in total. The molecule has 138 valence electrons. The number of nitrogens with one attached hydrogen (secondary N) is 1. The molecule has 7 heteroatoms. The van der Waals surface area contributed by atoms with Crippen LogP contribution in [0.15, 0.2) is 30.3 Å². The molecule has 0 saturated carbocycles. The summed E-state index contributed by atoms with van der Waals surface area (Å²) >= 11 is 0. The average Bonchev–Trinajstić information content (AvgIpc) is 3.10. The summed E-state index contributed by atoms with van der Waals surface area (Å²) in [5.41, 5.74) is 2.43. The number of rotatable bonds is 3. The Balaban J connectivity index is 1.49. The van der Waals surface area contributed by atoms with Gasteiger partial charge in [-0.3, -0.25) is 4.79 Å². The number of amides is 1. The number of carbonyl (C=O) groups excluding carboxylic acids is 1. The lowest BCUT2D eigenvalue weighted by Crippen LogP contribution is -2.42. The molecule has 0 radical (unpaired) electrons. The van der Waals surface area contributed by atoms with Crippen molar-refractivity contribution in [2.24, 2.45) is 0 Å². The number of nitrogens with zero attached hydrogens (tertiary/aromatic N) is 4. The molecule has 1 amide bonds. The van der Waals surface area contributed by atoms with E-state index in [9.17, 15) is 4.79 Å². The molecule has 0 aliphatic carbocycles. The van der Waals surface area contributed by atoms with Gasteiger partial charge in [-0.2, -0.15) is 0 Å². The first-order valence-corrected chi connectivity index (χ1v) is 9.32. The highest BCUT2D eigenvalue weighted by molar-refractivity contribution is 5.93. The van der Waals surface area contributed by atoms with Crippen LogP contribution < -0.4 is 5.32 Å². The van der Waals surface area contributed by atoms with E-state index >= 15 is 0 Å². The van der Waals surface area contributed by atoms with Crippen molar-refractivity contribution in [1.29, 1.82) is 0 Å². The topological polar surface area (TPSA) is 72.3 Å². The number of hydrogen-bond donors (Lipinski definition) is 1. The van der Waals surface area contributed by atoms with Gasteiger partial charge in [-0.1, -0.05) is 35.5 Å². The number of piperidine rings is 1. The van der Waals surface area contributed by atoms with Gasteiger partial charge >= 0.3 is 0 Å². The van der Waals surface area contributed by atoms with Crippen molar-refractivity contribution in [1.82, 2.24) is 25.2 Å². The van der Waals surface area contributed by atoms with Gasteiger partial charge in [0, 0.05) is 6.54 Å². The van der Waals surface area contributed by atoms with E-state index in [1.165, 1.54) is 0 Å². The van der Waals surface area contributed by atoms with Crippen molar-refractivity contribution in [2.45, 2.75) is 31.9 Å². The fourth-order valence-corrected chi connectivity index (χ4v) is 3.79. The molecule has 2 aromatic rings. The Labute approximate surface area is 153 Å². The van der Waals surface area contributed by atoms with Crippen molar-refractivity contribution >= 4 is 5.91 Å². The molecule has 0 spiro atoms. The number of aromatic nitrogens is 3. The number of ether oxygens (including phenoxy) is 1. The predicted molar refractivity (Wildman–Crippen MR) is 96.9 cm³/mol. The number of benzene rings is 1. The first-order valence-electron chi connectivity index (χ1n) is 9.32. The normalized spacial score (nSPS) is 21.7. The molecule has 2 saturated heterocycles. The SMILES string of the molecule is Cc1c(C(=O)N2CCO[C@H](c3ccccc3)C2)nnn1C1CCNCC1. The molecule has 2 fully saturated rings. The smallest absolute Gasteiger partial charge is 0.276 e. The molecule has 1 N–H and O–H groups in total. The van der Waals surface area contributed by atoms with Crippen molar-refractivity contribution in [3.63, 3.8) is 0 Å². The van der Waals surface area contributed by atoms with Crippen LogP contribution in [0.3, 0.4) is 0 Å². The third kappa shape index (κ3) is 3.37. The van der Waals surface area contributed by atoms with Crippen LogP contribution >= 0.6 is 0 Å². The fourth-order valence-electron chi connectivity index (χ4n) is 3.79. The van der Waals surface area contributed by atoms with Crippen LogP contribution in [0.2, 0.25) is 0 Å². The highest BCUT2D eigenvalue weighted by Crippen LogP contribution is 2.25. The van der Waals surface area contributed by atoms with E-state index in [0.717, 1.165) is 37.2 Å². The Bertz CT molecular complexity index is 755. The first kappa shape index (κ1) is 17.2. The third-order valence-electron chi connectivity index (χ3n) is 5.31. The lowest BCUT2D eigenvalue weighted by molar-refractivity contribution is -0.0230. The van der Waals surface area contributed by atoms with E-state index in [2.05, 4.69) is 15.6 Å². The van der Waals surface area contributed by atoms with Crippen LogP contribution in [0.5, 0.6) is 0 Å². The highest BCUT2D eigenvalue weighted by Gasteiger charge is 2.30. The molecule has 2 aliphatic heterocycles. The van der Waals surface area contributed by atoms with Gasteiger partial charge in [0.1, 0.15) is 6.10 Å². The fraction of sp³-hybridized carbons (Fsp3) is 0.526. The summed E-state index contributed by atoms with van der Waals surface area (Å²) in [4.78, 5) is 14.9. The zero-order valence-corrected chi connectivity index (χ0v) is 15.1.